The van der Waals surface area contributed by atoms with E-state index in [-0.39, 0.29) is 115 Å². The highest BCUT2D eigenvalue weighted by Gasteiger charge is 2.47. The van der Waals surface area contributed by atoms with Gasteiger partial charge in [0.05, 0.1) is 79.4 Å². The van der Waals surface area contributed by atoms with Crippen molar-refractivity contribution in [2.45, 2.75) is 228 Å². The summed E-state index contributed by atoms with van der Waals surface area (Å²) < 4.78 is 106. The van der Waals surface area contributed by atoms with Gasteiger partial charge in [-0.2, -0.15) is 0 Å². The Labute approximate surface area is 566 Å². The Bertz CT molecular complexity index is 2950. The lowest BCUT2D eigenvalue weighted by Gasteiger charge is -2.42. The van der Waals surface area contributed by atoms with Crippen molar-refractivity contribution in [2.75, 3.05) is 43.7 Å². The van der Waals surface area contributed by atoms with Gasteiger partial charge in [0.25, 0.3) is 0 Å². The number of nitrogens with one attached hydrogen (secondary N) is 1. The monoisotopic (exact) mass is 1410 g/mol. The van der Waals surface area contributed by atoms with E-state index in [1.807, 2.05) is 32.9 Å². The average molecular weight is 1410 g/mol. The number of sulfonamides is 3. The second-order valence-electron chi connectivity index (χ2n) is 26.0. The standard InChI is InChI=1S/C21H25NO2.C15H27NO6S.C13H23NO5S.C10H19NO4S.C7H13NO2.ClH/c1-2-24-21(23)19-13-20(14-19)22(15-17-9-5-3-6-10-17)16-18-11-7-4-8-12-18;1-6-8-23(19,20)16(14(18)22-15(3,4)5)12-9-11(10-12)13(17)21-7-2;1-5-6-20(17,18)14(11-7-10(8-11)9-15)12(16)19-13(2,3)4;1-3-5-16(13,14)11-9-6-8(7-9)10(12)15-4-2;1-2-10-7(9)5-3-6(8)4-5;/h3-12,19-20H,2,13-16H2,1H3;11-12H,6-10H2,1-5H3;9-11H,5-8H2,1-4H3;8-9,11H,3-7H2,1-2H3;5-6H,2-4,8H2,1H3;1H. The van der Waals surface area contributed by atoms with Gasteiger partial charge in [-0.15, -0.1) is 12.4 Å². The lowest BCUT2D eigenvalue weighted by molar-refractivity contribution is -0.154. The maximum atomic E-state index is 12.4. The second kappa shape index (κ2) is 40.3. The molecule has 0 aliphatic heterocycles. The molecule has 0 heterocycles. The van der Waals surface area contributed by atoms with Crippen LogP contribution in [0.5, 0.6) is 0 Å². The van der Waals surface area contributed by atoms with E-state index in [4.69, 9.17) is 34.2 Å². The minimum atomic E-state index is -3.76. The minimum Gasteiger partial charge on any atom is -0.466 e. The first kappa shape index (κ1) is 84.6. The predicted molar refractivity (Wildman–Crippen MR) is 360 cm³/mol. The molecule has 5 saturated carbocycles. The number of carbonyl (C=O) groups excluding carboxylic acids is 7. The smallest absolute Gasteiger partial charge is 0.424 e. The van der Waals surface area contributed by atoms with Crippen LogP contribution in [0.25, 0.3) is 0 Å². The van der Waals surface area contributed by atoms with E-state index in [9.17, 15) is 58.8 Å². The largest absolute Gasteiger partial charge is 0.466 e. The fourth-order valence-electron chi connectivity index (χ4n) is 10.6. The number of benzene rings is 2. The van der Waals surface area contributed by atoms with Gasteiger partial charge in [-0.25, -0.2) is 48.2 Å². The summed E-state index contributed by atoms with van der Waals surface area (Å²) in [7, 11) is -10.6. The van der Waals surface area contributed by atoms with Gasteiger partial charge in [0.15, 0.2) is 0 Å². The van der Waals surface area contributed by atoms with Crippen LogP contribution in [0.2, 0.25) is 0 Å². The lowest BCUT2D eigenvalue weighted by Crippen LogP contribution is -2.54. The normalized spacial score (nSPS) is 22.6. The van der Waals surface area contributed by atoms with Crippen molar-refractivity contribution in [3.63, 3.8) is 0 Å². The van der Waals surface area contributed by atoms with Crippen molar-refractivity contribution < 1.29 is 87.2 Å². The summed E-state index contributed by atoms with van der Waals surface area (Å²) in [6.07, 6.45) is 6.34. The fraction of sp³-hybridized carbons (Fsp3) is 0.712. The summed E-state index contributed by atoms with van der Waals surface area (Å²) in [5, 5.41) is 0. The third kappa shape index (κ3) is 29.1. The van der Waals surface area contributed by atoms with Crippen LogP contribution in [0.3, 0.4) is 0 Å². The number of aldehydes is 1. The first-order valence-corrected chi connectivity index (χ1v) is 37.7. The van der Waals surface area contributed by atoms with E-state index in [2.05, 4.69) is 58.2 Å². The van der Waals surface area contributed by atoms with Crippen molar-refractivity contribution in [3.8, 4) is 0 Å². The number of amides is 2. The van der Waals surface area contributed by atoms with Gasteiger partial charge in [0, 0.05) is 37.1 Å². The highest BCUT2D eigenvalue weighted by molar-refractivity contribution is 7.90. The van der Waals surface area contributed by atoms with Gasteiger partial charge >= 0.3 is 36.1 Å². The lowest BCUT2D eigenvalue weighted by atomic mass is 9.79. The SMILES string of the molecule is CCCS(=O)(=O)N(C(=O)OC(C)(C)C)C1CC(C(=O)OCC)C1.CCCS(=O)(=O)N(C(=O)OC(C)(C)C)C1CC(C=O)C1.CCCS(=O)(=O)NC1CC(C(=O)OCC)C1.CCOC(=O)C1CC(N(Cc2ccccc2)Cc2ccccc2)C1.CCOC(=O)C1CC(N)C1.Cl. The minimum absolute atomic E-state index is 0. The van der Waals surface area contributed by atoms with Crippen molar-refractivity contribution >= 4 is 84.8 Å². The molecule has 5 fully saturated rings. The summed E-state index contributed by atoms with van der Waals surface area (Å²) in [4.78, 5) is 83.3. The van der Waals surface area contributed by atoms with E-state index < -0.39 is 65.5 Å². The molecule has 0 radical (unpaired) electrons. The maximum Gasteiger partial charge on any atom is 0.424 e. The highest BCUT2D eigenvalue weighted by atomic mass is 35.5. The molecule has 28 heteroatoms. The van der Waals surface area contributed by atoms with Crippen LogP contribution in [0.1, 0.15) is 185 Å². The molecule has 24 nitrogen and oxygen atoms in total. The molecule has 3 N–H and O–H groups in total. The Morgan fingerprint density at radius 1 is 0.489 bits per heavy atom. The number of nitrogens with two attached hydrogens (primary N) is 1. The Morgan fingerprint density at radius 2 is 0.809 bits per heavy atom. The van der Waals surface area contributed by atoms with Crippen molar-refractivity contribution in [1.82, 2.24) is 18.2 Å². The fourth-order valence-corrected chi connectivity index (χ4v) is 15.2. The van der Waals surface area contributed by atoms with Crippen LogP contribution in [0, 0.1) is 29.6 Å². The number of hydrogen-bond acceptors (Lipinski definition) is 21. The quantitative estimate of drug-likeness (QED) is 0.0502. The van der Waals surface area contributed by atoms with E-state index in [1.54, 1.807) is 69.2 Å². The molecule has 0 atom stereocenters. The predicted octanol–water partition coefficient (Wildman–Crippen LogP) is 9.64. The maximum absolute atomic E-state index is 12.4. The van der Waals surface area contributed by atoms with Crippen molar-refractivity contribution in [1.29, 1.82) is 0 Å². The Hall–Kier alpha value is -5.45. The van der Waals surface area contributed by atoms with Gasteiger partial charge < -0.3 is 38.9 Å². The summed E-state index contributed by atoms with van der Waals surface area (Å²) in [6.45, 7) is 26.0. The summed E-state index contributed by atoms with van der Waals surface area (Å²) in [5.74, 6) is -1.25. The van der Waals surface area contributed by atoms with Crippen LogP contribution in [0.15, 0.2) is 60.7 Å². The van der Waals surface area contributed by atoms with Crippen LogP contribution in [-0.2, 0) is 95.6 Å². The number of halogens is 1. The number of hydrogen-bond donors (Lipinski definition) is 2. The van der Waals surface area contributed by atoms with E-state index in [0.29, 0.717) is 70.8 Å². The van der Waals surface area contributed by atoms with Crippen molar-refractivity contribution in [3.05, 3.63) is 71.8 Å². The molecular weight excluding hydrogens is 1300 g/mol. The zero-order valence-electron chi connectivity index (χ0n) is 57.5. The number of esters is 4. The van der Waals surface area contributed by atoms with Gasteiger partial charge in [-0.05, 0) is 164 Å². The second-order valence-corrected chi connectivity index (χ2v) is 31.8. The molecule has 2 amide bonds. The van der Waals surface area contributed by atoms with Gasteiger partial charge in [0.1, 0.15) is 17.5 Å². The molecule has 5 aliphatic carbocycles. The Balaban J connectivity index is 0.000000408. The zero-order chi connectivity index (χ0) is 69.9. The molecule has 0 unspecified atom stereocenters. The first-order chi connectivity index (χ1) is 43.6. The van der Waals surface area contributed by atoms with Crippen molar-refractivity contribution in [2.24, 2.45) is 35.3 Å². The van der Waals surface area contributed by atoms with E-state index in [0.717, 1.165) is 53.7 Å². The number of rotatable bonds is 26. The topological polar surface area (TPSA) is 325 Å². The molecule has 5 aliphatic rings. The average Bonchev–Trinajstić information content (AvgIpc) is 0.794. The molecule has 94 heavy (non-hydrogen) atoms. The molecule has 7 rings (SSSR count). The van der Waals surface area contributed by atoms with Crippen LogP contribution in [0.4, 0.5) is 9.59 Å². The molecule has 2 aromatic carbocycles. The van der Waals surface area contributed by atoms with Crippen LogP contribution in [-0.4, -0.2) is 166 Å². The molecule has 0 saturated heterocycles. The zero-order valence-corrected chi connectivity index (χ0v) is 60.8. The highest BCUT2D eigenvalue weighted by Crippen LogP contribution is 2.38. The Morgan fingerprint density at radius 3 is 1.12 bits per heavy atom. The van der Waals surface area contributed by atoms with Gasteiger partial charge in [0.2, 0.25) is 30.1 Å². The van der Waals surface area contributed by atoms with Crippen LogP contribution < -0.4 is 10.5 Å². The summed E-state index contributed by atoms with van der Waals surface area (Å²) in [6, 6.07) is 20.7. The molecular formula is C66H108ClN5O19S3. The molecule has 0 aromatic heterocycles. The number of ether oxygens (including phenoxy) is 6. The number of carbonyl (C=O) groups is 7. The number of nitrogens with zero attached hydrogens (tertiary/aromatic N) is 3. The molecule has 0 bridgehead atoms. The molecule has 0 spiro atoms. The Kier molecular flexibility index (Phi) is 36.3. The van der Waals surface area contributed by atoms with Gasteiger partial charge in [-0.1, -0.05) is 81.4 Å². The van der Waals surface area contributed by atoms with E-state index >= 15 is 0 Å². The van der Waals surface area contributed by atoms with Gasteiger partial charge in [-0.3, -0.25) is 24.1 Å². The summed E-state index contributed by atoms with van der Waals surface area (Å²) >= 11 is 0. The third-order valence-corrected chi connectivity index (χ3v) is 21.1. The molecule has 2 aromatic rings. The third-order valence-electron chi connectivity index (χ3n) is 15.5. The molecule has 536 valence electrons. The van der Waals surface area contributed by atoms with E-state index in [1.165, 1.54) is 11.1 Å². The summed E-state index contributed by atoms with van der Waals surface area (Å²) in [5.41, 5.74) is 6.57. The first-order valence-electron chi connectivity index (χ1n) is 32.8. The van der Waals surface area contributed by atoms with Crippen LogP contribution >= 0.6 is 12.4 Å².